The third kappa shape index (κ3) is 2.10. The summed E-state index contributed by atoms with van der Waals surface area (Å²) in [5.41, 5.74) is 1.17. The van der Waals surface area contributed by atoms with Crippen molar-refractivity contribution in [3.05, 3.63) is 11.6 Å². The molecule has 0 heterocycles. The minimum Gasteiger partial charge on any atom is -0.463 e. The molecule has 18 heavy (non-hydrogen) atoms. The van der Waals surface area contributed by atoms with Gasteiger partial charge in [0, 0.05) is 5.57 Å². The first-order valence-electron chi connectivity index (χ1n) is 7.47. The third-order valence-electron chi connectivity index (χ3n) is 5.21. The van der Waals surface area contributed by atoms with Gasteiger partial charge in [0.25, 0.3) is 0 Å². The van der Waals surface area contributed by atoms with Gasteiger partial charge in [-0.3, -0.25) is 0 Å². The van der Waals surface area contributed by atoms with Crippen molar-refractivity contribution in [1.29, 1.82) is 0 Å². The lowest BCUT2D eigenvalue weighted by Gasteiger charge is -2.56. The maximum atomic E-state index is 11.8. The zero-order valence-electron chi connectivity index (χ0n) is 11.6. The Bertz CT molecular complexity index is 345. The van der Waals surface area contributed by atoms with E-state index in [1.54, 1.807) is 0 Å². The second-order valence-corrected chi connectivity index (χ2v) is 6.83. The fourth-order valence-electron chi connectivity index (χ4n) is 5.12. The van der Waals surface area contributed by atoms with E-state index < -0.39 is 0 Å². The number of esters is 1. The quantitative estimate of drug-likeness (QED) is 0.562. The molecule has 0 aromatic rings. The number of carbonyl (C=O) groups excluding carboxylic acids is 1. The van der Waals surface area contributed by atoms with Crippen molar-refractivity contribution in [2.75, 3.05) is 6.61 Å². The lowest BCUT2D eigenvalue weighted by Crippen LogP contribution is -2.45. The average molecular weight is 248 g/mol. The van der Waals surface area contributed by atoms with E-state index in [1.807, 2.05) is 13.8 Å². The van der Waals surface area contributed by atoms with Crippen LogP contribution < -0.4 is 0 Å². The summed E-state index contributed by atoms with van der Waals surface area (Å²) in [5, 5.41) is 0. The van der Waals surface area contributed by atoms with Crippen LogP contribution in [-0.2, 0) is 9.53 Å². The molecule has 4 rings (SSSR count). The van der Waals surface area contributed by atoms with Gasteiger partial charge in [-0.2, -0.15) is 0 Å². The highest BCUT2D eigenvalue weighted by Crippen LogP contribution is 2.60. The van der Waals surface area contributed by atoms with Gasteiger partial charge in [0.2, 0.25) is 0 Å². The number of carbonyl (C=O) groups is 1. The molecule has 4 saturated carbocycles. The normalized spacial score (nSPS) is 42.1. The van der Waals surface area contributed by atoms with Crippen molar-refractivity contribution < 1.29 is 9.53 Å². The van der Waals surface area contributed by atoms with Gasteiger partial charge in [-0.1, -0.05) is 6.08 Å². The van der Waals surface area contributed by atoms with Crippen LogP contribution in [-0.4, -0.2) is 12.6 Å². The summed E-state index contributed by atoms with van der Waals surface area (Å²) in [6, 6.07) is 0. The Balaban J connectivity index is 1.79. The molecule has 4 aliphatic rings. The highest BCUT2D eigenvalue weighted by atomic mass is 16.5. The maximum Gasteiger partial charge on any atom is 0.333 e. The molecule has 0 saturated heterocycles. The van der Waals surface area contributed by atoms with E-state index >= 15 is 0 Å². The zero-order chi connectivity index (χ0) is 12.8. The molecule has 0 aromatic heterocycles. The molecule has 0 aliphatic heterocycles. The van der Waals surface area contributed by atoms with Crippen molar-refractivity contribution in [1.82, 2.24) is 0 Å². The predicted molar refractivity (Wildman–Crippen MR) is 71.0 cm³/mol. The minimum absolute atomic E-state index is 0.117. The van der Waals surface area contributed by atoms with Gasteiger partial charge in [-0.15, -0.1) is 0 Å². The highest BCUT2D eigenvalue weighted by molar-refractivity contribution is 5.87. The van der Waals surface area contributed by atoms with Crippen LogP contribution in [0.2, 0.25) is 0 Å². The van der Waals surface area contributed by atoms with Crippen LogP contribution in [0, 0.1) is 23.2 Å². The van der Waals surface area contributed by atoms with Gasteiger partial charge in [0.05, 0.1) is 6.61 Å². The molecule has 4 fully saturated rings. The topological polar surface area (TPSA) is 26.3 Å². The van der Waals surface area contributed by atoms with Gasteiger partial charge >= 0.3 is 5.97 Å². The van der Waals surface area contributed by atoms with E-state index in [4.69, 9.17) is 4.74 Å². The van der Waals surface area contributed by atoms with Crippen molar-refractivity contribution in [3.63, 3.8) is 0 Å². The summed E-state index contributed by atoms with van der Waals surface area (Å²) in [6.45, 7) is 4.28. The van der Waals surface area contributed by atoms with E-state index in [1.165, 1.54) is 38.5 Å². The third-order valence-corrected chi connectivity index (χ3v) is 5.21. The number of ether oxygens (including phenoxy) is 1. The summed E-state index contributed by atoms with van der Waals surface area (Å²) in [7, 11) is 0. The van der Waals surface area contributed by atoms with E-state index in [-0.39, 0.29) is 5.97 Å². The van der Waals surface area contributed by atoms with Gasteiger partial charge in [0.1, 0.15) is 0 Å². The van der Waals surface area contributed by atoms with Gasteiger partial charge in [0.15, 0.2) is 0 Å². The van der Waals surface area contributed by atoms with Crippen LogP contribution >= 0.6 is 0 Å². The molecule has 0 amide bonds. The van der Waals surface area contributed by atoms with Gasteiger partial charge in [-0.25, -0.2) is 4.79 Å². The number of hydrogen-bond acceptors (Lipinski definition) is 2. The molecule has 0 spiro atoms. The summed E-state index contributed by atoms with van der Waals surface area (Å²) in [6.07, 6.45) is 10.6. The van der Waals surface area contributed by atoms with E-state index in [9.17, 15) is 4.79 Å². The van der Waals surface area contributed by atoms with Crippen LogP contribution in [0.3, 0.4) is 0 Å². The molecule has 0 N–H and O–H groups in total. The molecule has 0 radical (unpaired) electrons. The number of hydrogen-bond donors (Lipinski definition) is 0. The monoisotopic (exact) mass is 248 g/mol. The molecule has 0 atom stereocenters. The summed E-state index contributed by atoms with van der Waals surface area (Å²) in [4.78, 5) is 11.8. The molecule has 0 aromatic carbocycles. The molecule has 0 unspecified atom stereocenters. The fourth-order valence-corrected chi connectivity index (χ4v) is 5.12. The molecule has 100 valence electrons. The van der Waals surface area contributed by atoms with E-state index in [2.05, 4.69) is 6.08 Å². The first-order chi connectivity index (χ1) is 8.60. The molecule has 4 aliphatic carbocycles. The van der Waals surface area contributed by atoms with Gasteiger partial charge in [-0.05, 0) is 75.5 Å². The second-order valence-electron chi connectivity index (χ2n) is 6.83. The molecule has 2 heteroatoms. The van der Waals surface area contributed by atoms with Crippen molar-refractivity contribution in [2.24, 2.45) is 23.2 Å². The van der Waals surface area contributed by atoms with Crippen molar-refractivity contribution in [3.8, 4) is 0 Å². The Morgan fingerprint density at radius 1 is 1.17 bits per heavy atom. The largest absolute Gasteiger partial charge is 0.463 e. The number of allylic oxidation sites excluding steroid dienone is 1. The lowest BCUT2D eigenvalue weighted by molar-refractivity contribution is -0.138. The second kappa shape index (κ2) is 4.40. The van der Waals surface area contributed by atoms with Crippen molar-refractivity contribution >= 4 is 5.97 Å². The Morgan fingerprint density at radius 2 is 1.67 bits per heavy atom. The maximum absolute atomic E-state index is 11.8. The summed E-state index contributed by atoms with van der Waals surface area (Å²) < 4.78 is 5.11. The number of rotatable bonds is 3. The Morgan fingerprint density at radius 3 is 2.11 bits per heavy atom. The first kappa shape index (κ1) is 12.3. The van der Waals surface area contributed by atoms with Gasteiger partial charge < -0.3 is 4.74 Å². The average Bonchev–Trinajstić information content (AvgIpc) is 2.26. The standard InChI is InChI=1S/C16H24O2/c1-3-18-15(17)11(2)7-16-8-12-4-13(9-16)6-14(5-12)10-16/h7,12-14H,3-6,8-10H2,1-2H3. The fraction of sp³-hybridized carbons (Fsp3) is 0.812. The Labute approximate surface area is 110 Å². The van der Waals surface area contributed by atoms with Crippen LogP contribution in [0.15, 0.2) is 11.6 Å². The summed E-state index contributed by atoms with van der Waals surface area (Å²) in [5.74, 6) is 2.68. The molecule has 2 nitrogen and oxygen atoms in total. The molecule has 4 bridgehead atoms. The minimum atomic E-state index is -0.117. The van der Waals surface area contributed by atoms with E-state index in [0.29, 0.717) is 12.0 Å². The first-order valence-corrected chi connectivity index (χ1v) is 7.47. The van der Waals surface area contributed by atoms with Crippen LogP contribution in [0.5, 0.6) is 0 Å². The van der Waals surface area contributed by atoms with Crippen LogP contribution in [0.1, 0.15) is 52.4 Å². The van der Waals surface area contributed by atoms with Crippen LogP contribution in [0.4, 0.5) is 0 Å². The smallest absolute Gasteiger partial charge is 0.333 e. The molecular weight excluding hydrogens is 224 g/mol. The zero-order valence-corrected chi connectivity index (χ0v) is 11.6. The summed E-state index contributed by atoms with van der Waals surface area (Å²) >= 11 is 0. The highest BCUT2D eigenvalue weighted by Gasteiger charge is 2.49. The Hall–Kier alpha value is -0.790. The Kier molecular flexibility index (Phi) is 2.99. The van der Waals surface area contributed by atoms with Crippen LogP contribution in [0.25, 0.3) is 0 Å². The van der Waals surface area contributed by atoms with E-state index in [0.717, 1.165) is 23.3 Å². The lowest BCUT2D eigenvalue weighted by atomic mass is 9.49. The van der Waals surface area contributed by atoms with Crippen molar-refractivity contribution in [2.45, 2.75) is 52.4 Å². The SMILES string of the molecule is CCOC(=O)C(C)=CC12CC3CC(CC(C3)C1)C2. The predicted octanol–water partition coefficient (Wildman–Crippen LogP) is 3.71. The molecular formula is C16H24O2.